The van der Waals surface area contributed by atoms with E-state index in [2.05, 4.69) is 11.8 Å². The molecule has 0 aromatic carbocycles. The van der Waals surface area contributed by atoms with Crippen molar-refractivity contribution in [1.29, 1.82) is 0 Å². The highest BCUT2D eigenvalue weighted by Crippen LogP contribution is 2.27. The van der Waals surface area contributed by atoms with Gasteiger partial charge in [-0.1, -0.05) is 6.92 Å². The van der Waals surface area contributed by atoms with Gasteiger partial charge in [0.25, 0.3) is 0 Å². The van der Waals surface area contributed by atoms with Crippen LogP contribution in [0.1, 0.15) is 46.5 Å². The van der Waals surface area contributed by atoms with Crippen molar-refractivity contribution in [3.05, 3.63) is 0 Å². The quantitative estimate of drug-likeness (QED) is 0.684. The lowest BCUT2D eigenvalue weighted by Gasteiger charge is -2.25. The molecule has 1 aliphatic rings. The molecule has 0 saturated heterocycles. The molecule has 0 heterocycles. The fourth-order valence-electron chi connectivity index (χ4n) is 1.62. The van der Waals surface area contributed by atoms with Gasteiger partial charge < -0.3 is 10.0 Å². The van der Waals surface area contributed by atoms with Crippen LogP contribution in [0.25, 0.3) is 0 Å². The fraction of sp³-hybridized carbons (Fsp3) is 1.00. The van der Waals surface area contributed by atoms with Crippen LogP contribution in [0.4, 0.5) is 0 Å². The van der Waals surface area contributed by atoms with Gasteiger partial charge in [-0.25, -0.2) is 0 Å². The van der Waals surface area contributed by atoms with Crippen molar-refractivity contribution in [3.63, 3.8) is 0 Å². The number of nitrogens with zero attached hydrogens (tertiary/aromatic N) is 1. The Kier molecular flexibility index (Phi) is 3.74. The van der Waals surface area contributed by atoms with E-state index in [9.17, 15) is 5.11 Å². The average Bonchev–Trinajstić information content (AvgIpc) is 2.78. The van der Waals surface area contributed by atoms with Gasteiger partial charge in [-0.2, -0.15) is 0 Å². The first kappa shape index (κ1) is 11.0. The fourth-order valence-corrected chi connectivity index (χ4v) is 1.62. The minimum atomic E-state index is -0.499. The predicted octanol–water partition coefficient (Wildman–Crippen LogP) is 2.02. The molecule has 1 aliphatic carbocycles. The van der Waals surface area contributed by atoms with Crippen LogP contribution in [0.2, 0.25) is 0 Å². The molecule has 0 amide bonds. The Hall–Kier alpha value is -0.0800. The SMILES string of the molecule is CCCN(CCC(C)(C)O)C1CC1. The molecule has 0 spiro atoms. The first-order valence-corrected chi connectivity index (χ1v) is 5.49. The topological polar surface area (TPSA) is 23.5 Å². The molecule has 1 saturated carbocycles. The molecule has 0 bridgehead atoms. The minimum Gasteiger partial charge on any atom is -0.390 e. The zero-order valence-corrected chi connectivity index (χ0v) is 9.21. The highest BCUT2D eigenvalue weighted by molar-refractivity contribution is 4.85. The van der Waals surface area contributed by atoms with Crippen molar-refractivity contribution in [3.8, 4) is 0 Å². The molecular weight excluding hydrogens is 162 g/mol. The molecule has 0 aromatic rings. The summed E-state index contributed by atoms with van der Waals surface area (Å²) in [4.78, 5) is 2.53. The molecule has 2 heteroatoms. The van der Waals surface area contributed by atoms with E-state index in [-0.39, 0.29) is 0 Å². The second kappa shape index (κ2) is 4.43. The summed E-state index contributed by atoms with van der Waals surface area (Å²) in [5, 5.41) is 9.61. The lowest BCUT2D eigenvalue weighted by atomic mass is 10.1. The van der Waals surface area contributed by atoms with Crippen LogP contribution in [0, 0.1) is 0 Å². The molecule has 1 N–H and O–H groups in total. The van der Waals surface area contributed by atoms with Crippen LogP contribution < -0.4 is 0 Å². The van der Waals surface area contributed by atoms with E-state index in [1.165, 1.54) is 25.8 Å². The first-order chi connectivity index (χ1) is 6.03. The predicted molar refractivity (Wildman–Crippen MR) is 55.8 cm³/mol. The van der Waals surface area contributed by atoms with Crippen molar-refractivity contribution < 1.29 is 5.11 Å². The van der Waals surface area contributed by atoms with E-state index in [4.69, 9.17) is 0 Å². The largest absolute Gasteiger partial charge is 0.390 e. The number of rotatable bonds is 6. The zero-order chi connectivity index (χ0) is 9.90. The molecule has 1 rings (SSSR count). The van der Waals surface area contributed by atoms with Gasteiger partial charge in [0.05, 0.1) is 5.60 Å². The first-order valence-electron chi connectivity index (χ1n) is 5.49. The summed E-state index contributed by atoms with van der Waals surface area (Å²) < 4.78 is 0. The summed E-state index contributed by atoms with van der Waals surface area (Å²) in [6.07, 6.45) is 4.85. The summed E-state index contributed by atoms with van der Waals surface area (Å²) in [5.41, 5.74) is -0.499. The van der Waals surface area contributed by atoms with E-state index in [0.717, 1.165) is 19.0 Å². The Bertz CT molecular complexity index is 147. The van der Waals surface area contributed by atoms with Gasteiger partial charge in [0.2, 0.25) is 0 Å². The van der Waals surface area contributed by atoms with Gasteiger partial charge in [-0.05, 0) is 46.1 Å². The number of hydrogen-bond acceptors (Lipinski definition) is 2. The van der Waals surface area contributed by atoms with Crippen molar-refractivity contribution in [1.82, 2.24) is 4.90 Å². The average molecular weight is 185 g/mol. The molecule has 0 radical (unpaired) electrons. The van der Waals surface area contributed by atoms with E-state index in [1.807, 2.05) is 13.8 Å². The van der Waals surface area contributed by atoms with Gasteiger partial charge in [0, 0.05) is 12.6 Å². The van der Waals surface area contributed by atoms with Crippen molar-refractivity contribution in [2.45, 2.75) is 58.1 Å². The second-order valence-corrected chi connectivity index (χ2v) is 4.83. The third-order valence-electron chi connectivity index (χ3n) is 2.58. The monoisotopic (exact) mass is 185 g/mol. The van der Waals surface area contributed by atoms with E-state index < -0.39 is 5.60 Å². The van der Waals surface area contributed by atoms with Crippen molar-refractivity contribution in [2.24, 2.45) is 0 Å². The molecule has 0 atom stereocenters. The molecule has 13 heavy (non-hydrogen) atoms. The van der Waals surface area contributed by atoms with Gasteiger partial charge in [-0.3, -0.25) is 0 Å². The van der Waals surface area contributed by atoms with Gasteiger partial charge >= 0.3 is 0 Å². The molecule has 0 aromatic heterocycles. The summed E-state index contributed by atoms with van der Waals surface area (Å²) in [7, 11) is 0. The Balaban J connectivity index is 2.22. The molecule has 78 valence electrons. The van der Waals surface area contributed by atoms with Crippen molar-refractivity contribution in [2.75, 3.05) is 13.1 Å². The summed E-state index contributed by atoms with van der Waals surface area (Å²) in [5.74, 6) is 0. The molecule has 2 nitrogen and oxygen atoms in total. The lowest BCUT2D eigenvalue weighted by molar-refractivity contribution is 0.0565. The van der Waals surface area contributed by atoms with Crippen LogP contribution in [-0.4, -0.2) is 34.7 Å². The maximum Gasteiger partial charge on any atom is 0.0603 e. The highest BCUT2D eigenvalue weighted by Gasteiger charge is 2.28. The molecule has 1 fully saturated rings. The van der Waals surface area contributed by atoms with Crippen LogP contribution in [0.5, 0.6) is 0 Å². The normalized spacial score (nSPS) is 18.2. The second-order valence-electron chi connectivity index (χ2n) is 4.83. The molecule has 0 unspecified atom stereocenters. The van der Waals surface area contributed by atoms with E-state index in [1.54, 1.807) is 0 Å². The van der Waals surface area contributed by atoms with Crippen LogP contribution in [0.3, 0.4) is 0 Å². The Labute approximate surface area is 81.9 Å². The molecule has 0 aliphatic heterocycles. The van der Waals surface area contributed by atoms with Gasteiger partial charge in [-0.15, -0.1) is 0 Å². The van der Waals surface area contributed by atoms with Crippen LogP contribution in [-0.2, 0) is 0 Å². The zero-order valence-electron chi connectivity index (χ0n) is 9.21. The summed E-state index contributed by atoms with van der Waals surface area (Å²) in [6.45, 7) is 8.26. The lowest BCUT2D eigenvalue weighted by Crippen LogP contribution is -2.33. The number of aliphatic hydroxyl groups is 1. The highest BCUT2D eigenvalue weighted by atomic mass is 16.3. The Morgan fingerprint density at radius 2 is 1.92 bits per heavy atom. The van der Waals surface area contributed by atoms with Crippen molar-refractivity contribution >= 4 is 0 Å². The maximum absolute atomic E-state index is 9.61. The third-order valence-corrected chi connectivity index (χ3v) is 2.58. The van der Waals surface area contributed by atoms with E-state index >= 15 is 0 Å². The Morgan fingerprint density at radius 3 is 2.31 bits per heavy atom. The van der Waals surface area contributed by atoms with Crippen LogP contribution in [0.15, 0.2) is 0 Å². The summed E-state index contributed by atoms with van der Waals surface area (Å²) >= 11 is 0. The van der Waals surface area contributed by atoms with E-state index in [0.29, 0.717) is 0 Å². The minimum absolute atomic E-state index is 0.499. The standard InChI is InChI=1S/C11H23NO/c1-4-8-12(10-5-6-10)9-7-11(2,3)13/h10,13H,4-9H2,1-3H3. The smallest absolute Gasteiger partial charge is 0.0603 e. The maximum atomic E-state index is 9.61. The summed E-state index contributed by atoms with van der Waals surface area (Å²) in [6, 6.07) is 0.835. The Morgan fingerprint density at radius 1 is 1.31 bits per heavy atom. The number of hydrogen-bond donors (Lipinski definition) is 1. The third kappa shape index (κ3) is 4.63. The van der Waals surface area contributed by atoms with Gasteiger partial charge in [0.1, 0.15) is 0 Å². The van der Waals surface area contributed by atoms with Crippen LogP contribution >= 0.6 is 0 Å². The molecular formula is C11H23NO. The van der Waals surface area contributed by atoms with Gasteiger partial charge in [0.15, 0.2) is 0 Å².